The van der Waals surface area contributed by atoms with Crippen LogP contribution in [0.1, 0.15) is 27.8 Å². The lowest BCUT2D eigenvalue weighted by Gasteiger charge is -2.14. The Bertz CT molecular complexity index is 549. The molecule has 0 atom stereocenters. The largest absolute Gasteiger partial charge is 0.275 e. The van der Waals surface area contributed by atoms with Crippen LogP contribution in [0, 0.1) is 53.5 Å². The van der Waals surface area contributed by atoms with E-state index in [1.807, 2.05) is 19.1 Å². The van der Waals surface area contributed by atoms with Gasteiger partial charge in [0.05, 0.1) is 29.9 Å². The number of nitriles is 2. The minimum absolute atomic E-state index is 0.0242. The second kappa shape index (κ2) is 5.29. The molecule has 0 unspecified atom stereocenters. The standard InChI is InChI=1S/C13H13N3O2/c1-8-11(4-6-14)9(2)13(16(17)18)10(3)12(8)5-7-15/h4-5H2,1-3H3. The van der Waals surface area contributed by atoms with Crippen molar-refractivity contribution in [2.45, 2.75) is 33.6 Å². The normalized spacial score (nSPS) is 9.61. The molecule has 92 valence electrons. The monoisotopic (exact) mass is 243 g/mol. The maximum atomic E-state index is 11.1. The van der Waals surface area contributed by atoms with E-state index in [1.165, 1.54) is 0 Å². The summed E-state index contributed by atoms with van der Waals surface area (Å²) in [5.74, 6) is 0. The van der Waals surface area contributed by atoms with E-state index in [0.717, 1.165) is 5.56 Å². The molecule has 0 aliphatic rings. The van der Waals surface area contributed by atoms with Gasteiger partial charge in [0.25, 0.3) is 5.69 Å². The minimum Gasteiger partial charge on any atom is -0.258 e. The molecule has 1 aromatic rings. The lowest BCUT2D eigenvalue weighted by molar-refractivity contribution is -0.386. The Hall–Kier alpha value is -2.40. The fraction of sp³-hybridized carbons (Fsp3) is 0.385. The molecule has 5 nitrogen and oxygen atoms in total. The first-order valence-electron chi connectivity index (χ1n) is 5.45. The van der Waals surface area contributed by atoms with Crippen LogP contribution in [-0.4, -0.2) is 4.92 Å². The zero-order valence-corrected chi connectivity index (χ0v) is 10.6. The molecule has 0 spiro atoms. The predicted octanol–water partition coefficient (Wildman–Crippen LogP) is 2.65. The van der Waals surface area contributed by atoms with E-state index in [4.69, 9.17) is 10.5 Å². The quantitative estimate of drug-likeness (QED) is 0.602. The van der Waals surface area contributed by atoms with Gasteiger partial charge < -0.3 is 0 Å². The highest BCUT2D eigenvalue weighted by atomic mass is 16.6. The second-order valence-electron chi connectivity index (χ2n) is 4.11. The molecule has 0 radical (unpaired) electrons. The highest BCUT2D eigenvalue weighted by Gasteiger charge is 2.23. The van der Waals surface area contributed by atoms with Gasteiger partial charge in [-0.3, -0.25) is 10.1 Å². The molecule has 0 bridgehead atoms. The van der Waals surface area contributed by atoms with Crippen LogP contribution in [0.3, 0.4) is 0 Å². The van der Waals surface area contributed by atoms with E-state index in [1.54, 1.807) is 13.8 Å². The van der Waals surface area contributed by atoms with Crippen molar-refractivity contribution >= 4 is 5.69 Å². The van der Waals surface area contributed by atoms with Gasteiger partial charge in [-0.15, -0.1) is 0 Å². The van der Waals surface area contributed by atoms with Gasteiger partial charge in [0.1, 0.15) is 0 Å². The molecule has 0 amide bonds. The van der Waals surface area contributed by atoms with Crippen molar-refractivity contribution in [1.82, 2.24) is 0 Å². The van der Waals surface area contributed by atoms with Gasteiger partial charge in [0, 0.05) is 11.1 Å². The average molecular weight is 243 g/mol. The molecular weight excluding hydrogens is 230 g/mol. The third kappa shape index (κ3) is 2.16. The van der Waals surface area contributed by atoms with E-state index in [-0.39, 0.29) is 18.5 Å². The van der Waals surface area contributed by atoms with Crippen molar-refractivity contribution in [3.05, 3.63) is 37.9 Å². The van der Waals surface area contributed by atoms with Gasteiger partial charge in [-0.1, -0.05) is 0 Å². The molecule has 0 aliphatic heterocycles. The third-order valence-electron chi connectivity index (χ3n) is 3.22. The van der Waals surface area contributed by atoms with E-state index >= 15 is 0 Å². The van der Waals surface area contributed by atoms with Crippen molar-refractivity contribution < 1.29 is 4.92 Å². The summed E-state index contributed by atoms with van der Waals surface area (Å²) in [7, 11) is 0. The molecule has 5 heteroatoms. The van der Waals surface area contributed by atoms with Crippen LogP contribution in [0.15, 0.2) is 0 Å². The van der Waals surface area contributed by atoms with E-state index < -0.39 is 4.92 Å². The van der Waals surface area contributed by atoms with Gasteiger partial charge in [-0.05, 0) is 37.5 Å². The Balaban J connectivity index is 3.72. The Morgan fingerprint density at radius 1 is 1.00 bits per heavy atom. The van der Waals surface area contributed by atoms with Crippen LogP contribution < -0.4 is 0 Å². The second-order valence-corrected chi connectivity index (χ2v) is 4.11. The van der Waals surface area contributed by atoms with Crippen molar-refractivity contribution in [1.29, 1.82) is 10.5 Å². The fourth-order valence-electron chi connectivity index (χ4n) is 2.27. The molecule has 0 heterocycles. The van der Waals surface area contributed by atoms with Crippen molar-refractivity contribution in [3.8, 4) is 12.1 Å². The SMILES string of the molecule is Cc1c(CC#N)c(C)c([N+](=O)[O-])c(C)c1CC#N. The molecule has 0 fully saturated rings. The number of rotatable bonds is 3. The molecular formula is C13H13N3O2. The van der Waals surface area contributed by atoms with Crippen LogP contribution >= 0.6 is 0 Å². The zero-order chi connectivity index (χ0) is 13.9. The van der Waals surface area contributed by atoms with Gasteiger partial charge in [0.2, 0.25) is 0 Å². The number of hydrogen-bond donors (Lipinski definition) is 0. The molecule has 1 rings (SSSR count). The van der Waals surface area contributed by atoms with Crippen LogP contribution in [0.25, 0.3) is 0 Å². The Morgan fingerprint density at radius 2 is 1.39 bits per heavy atom. The van der Waals surface area contributed by atoms with Gasteiger partial charge in [-0.25, -0.2) is 0 Å². The zero-order valence-electron chi connectivity index (χ0n) is 10.6. The van der Waals surface area contributed by atoms with E-state index in [9.17, 15) is 10.1 Å². The maximum absolute atomic E-state index is 11.1. The maximum Gasteiger partial charge on any atom is 0.275 e. The first-order valence-corrected chi connectivity index (χ1v) is 5.45. The lowest BCUT2D eigenvalue weighted by Crippen LogP contribution is -2.07. The lowest BCUT2D eigenvalue weighted by atomic mass is 9.89. The van der Waals surface area contributed by atoms with Gasteiger partial charge in [0.15, 0.2) is 0 Å². The van der Waals surface area contributed by atoms with E-state index in [2.05, 4.69) is 0 Å². The average Bonchev–Trinajstić information content (AvgIpc) is 2.30. The number of benzene rings is 1. The molecule has 0 aromatic heterocycles. The number of nitro benzene ring substituents is 1. The van der Waals surface area contributed by atoms with Crippen LogP contribution in [-0.2, 0) is 12.8 Å². The van der Waals surface area contributed by atoms with Crippen LogP contribution in [0.2, 0.25) is 0 Å². The summed E-state index contributed by atoms with van der Waals surface area (Å²) in [6, 6.07) is 4.03. The highest BCUT2D eigenvalue weighted by molar-refractivity contribution is 5.59. The number of nitrogens with zero attached hydrogens (tertiary/aromatic N) is 3. The summed E-state index contributed by atoms with van der Waals surface area (Å²) in [5, 5.41) is 28.7. The summed E-state index contributed by atoms with van der Waals surface area (Å²) in [6.07, 6.45) is 0.244. The van der Waals surface area contributed by atoms with E-state index in [0.29, 0.717) is 22.3 Å². The van der Waals surface area contributed by atoms with Gasteiger partial charge >= 0.3 is 0 Å². The number of hydrogen-bond acceptors (Lipinski definition) is 4. The van der Waals surface area contributed by atoms with Crippen molar-refractivity contribution in [3.63, 3.8) is 0 Å². The first-order chi connectivity index (χ1) is 8.45. The van der Waals surface area contributed by atoms with Crippen LogP contribution in [0.4, 0.5) is 5.69 Å². The fourth-order valence-corrected chi connectivity index (χ4v) is 2.27. The summed E-state index contributed by atoms with van der Waals surface area (Å²) < 4.78 is 0. The van der Waals surface area contributed by atoms with Crippen molar-refractivity contribution in [2.24, 2.45) is 0 Å². The topological polar surface area (TPSA) is 90.7 Å². The number of nitro groups is 1. The minimum atomic E-state index is -0.439. The summed E-state index contributed by atoms with van der Waals surface area (Å²) >= 11 is 0. The van der Waals surface area contributed by atoms with Crippen LogP contribution in [0.5, 0.6) is 0 Å². The summed E-state index contributed by atoms with van der Waals surface area (Å²) in [6.45, 7) is 5.12. The molecule has 0 saturated heterocycles. The summed E-state index contributed by atoms with van der Waals surface area (Å²) in [4.78, 5) is 10.7. The molecule has 1 aromatic carbocycles. The molecule has 18 heavy (non-hydrogen) atoms. The Morgan fingerprint density at radius 3 is 1.67 bits per heavy atom. The molecule has 0 aliphatic carbocycles. The first kappa shape index (κ1) is 13.7. The molecule has 0 saturated carbocycles. The van der Waals surface area contributed by atoms with Gasteiger partial charge in [-0.2, -0.15) is 10.5 Å². The summed E-state index contributed by atoms with van der Waals surface area (Å²) in [5.41, 5.74) is 3.23. The predicted molar refractivity (Wildman–Crippen MR) is 65.9 cm³/mol. The third-order valence-corrected chi connectivity index (χ3v) is 3.22. The highest BCUT2D eigenvalue weighted by Crippen LogP contribution is 2.33. The van der Waals surface area contributed by atoms with Crippen molar-refractivity contribution in [2.75, 3.05) is 0 Å². The smallest absolute Gasteiger partial charge is 0.258 e. The Labute approximate surface area is 105 Å². The molecule has 0 N–H and O–H groups in total. The Kier molecular flexibility index (Phi) is 4.01.